The Labute approximate surface area is 142 Å². The molecule has 1 fully saturated rings. The highest BCUT2D eigenvalue weighted by Crippen LogP contribution is 2.31. The number of carbonyl (C=O) groups is 2. The maximum Gasteiger partial charge on any atom is 0.323 e. The molecule has 6 nitrogen and oxygen atoms in total. The van der Waals surface area contributed by atoms with Gasteiger partial charge in [-0.2, -0.15) is 0 Å². The maximum atomic E-state index is 12.5. The zero-order valence-corrected chi connectivity index (χ0v) is 14.0. The van der Waals surface area contributed by atoms with E-state index in [-0.39, 0.29) is 30.5 Å². The molecule has 1 amide bonds. The van der Waals surface area contributed by atoms with Crippen LogP contribution < -0.4 is 10.1 Å². The molecule has 0 spiro atoms. The molecule has 2 aliphatic heterocycles. The van der Waals surface area contributed by atoms with Crippen LogP contribution in [-0.2, 0) is 14.3 Å². The monoisotopic (exact) mass is 332 g/mol. The lowest BCUT2D eigenvalue weighted by molar-refractivity contribution is -0.148. The molecule has 2 atom stereocenters. The largest absolute Gasteiger partial charge is 0.493 e. The highest BCUT2D eigenvalue weighted by atomic mass is 16.5. The Balaban J connectivity index is 1.59. The first kappa shape index (κ1) is 16.8. The Morgan fingerprint density at radius 3 is 3.00 bits per heavy atom. The van der Waals surface area contributed by atoms with Gasteiger partial charge in [0.2, 0.25) is 5.91 Å². The Bertz CT molecular complexity index is 604. The van der Waals surface area contributed by atoms with E-state index in [0.717, 1.165) is 37.1 Å². The Kier molecular flexibility index (Phi) is 5.35. The van der Waals surface area contributed by atoms with E-state index >= 15 is 0 Å². The number of hydrogen-bond donors (Lipinski definition) is 1. The fraction of sp³-hybridized carbons (Fsp3) is 0.556. The van der Waals surface area contributed by atoms with Crippen LogP contribution in [0.2, 0.25) is 0 Å². The first-order valence-corrected chi connectivity index (χ1v) is 8.61. The molecule has 3 rings (SSSR count). The van der Waals surface area contributed by atoms with Crippen LogP contribution in [0.15, 0.2) is 24.3 Å². The van der Waals surface area contributed by atoms with E-state index in [1.807, 2.05) is 29.2 Å². The number of esters is 1. The third kappa shape index (κ3) is 3.70. The van der Waals surface area contributed by atoms with E-state index in [1.165, 1.54) is 0 Å². The molecule has 1 aromatic rings. The molecule has 0 radical (unpaired) electrons. The van der Waals surface area contributed by atoms with Crippen molar-refractivity contribution in [1.29, 1.82) is 0 Å². The van der Waals surface area contributed by atoms with Gasteiger partial charge in [0.05, 0.1) is 25.8 Å². The standard InChI is InChI=1S/C18H24N2O4/c1-2-23-18(22)15-7-5-10-20(15)12-17(21)19-14-9-11-24-16-8-4-3-6-13(14)16/h3-4,6,8,14-15H,2,5,7,9-12H2,1H3,(H,19,21)/t14-,15+/m0/s1. The van der Waals surface area contributed by atoms with Crippen LogP contribution in [0, 0.1) is 0 Å². The van der Waals surface area contributed by atoms with Crippen molar-refractivity contribution in [2.45, 2.75) is 38.3 Å². The van der Waals surface area contributed by atoms with Gasteiger partial charge in [0.15, 0.2) is 0 Å². The van der Waals surface area contributed by atoms with Gasteiger partial charge < -0.3 is 14.8 Å². The van der Waals surface area contributed by atoms with Gasteiger partial charge in [0.1, 0.15) is 11.8 Å². The average Bonchev–Trinajstić information content (AvgIpc) is 3.03. The zero-order chi connectivity index (χ0) is 16.9. The minimum atomic E-state index is -0.294. The molecule has 2 aliphatic rings. The fourth-order valence-corrected chi connectivity index (χ4v) is 3.44. The quantitative estimate of drug-likeness (QED) is 0.831. The second kappa shape index (κ2) is 7.66. The summed E-state index contributed by atoms with van der Waals surface area (Å²) in [6.07, 6.45) is 2.42. The van der Waals surface area contributed by atoms with Crippen LogP contribution >= 0.6 is 0 Å². The second-order valence-corrected chi connectivity index (χ2v) is 6.18. The van der Waals surface area contributed by atoms with Gasteiger partial charge in [-0.05, 0) is 32.4 Å². The summed E-state index contributed by atoms with van der Waals surface area (Å²) in [4.78, 5) is 26.4. The number of hydrogen-bond acceptors (Lipinski definition) is 5. The predicted molar refractivity (Wildman–Crippen MR) is 88.7 cm³/mol. The van der Waals surface area contributed by atoms with E-state index in [1.54, 1.807) is 6.92 Å². The number of nitrogens with zero attached hydrogens (tertiary/aromatic N) is 1. The number of rotatable bonds is 5. The number of benzene rings is 1. The number of ether oxygens (including phenoxy) is 2. The van der Waals surface area contributed by atoms with Crippen LogP contribution in [0.5, 0.6) is 5.75 Å². The molecule has 6 heteroatoms. The SMILES string of the molecule is CCOC(=O)[C@H]1CCCN1CC(=O)N[C@H]1CCOc2ccccc21. The highest BCUT2D eigenvalue weighted by molar-refractivity contribution is 5.81. The molecule has 0 aliphatic carbocycles. The molecule has 1 saturated heterocycles. The van der Waals surface area contributed by atoms with E-state index < -0.39 is 0 Å². The first-order chi connectivity index (χ1) is 11.7. The van der Waals surface area contributed by atoms with E-state index in [2.05, 4.69) is 5.32 Å². The van der Waals surface area contributed by atoms with Crippen molar-refractivity contribution >= 4 is 11.9 Å². The van der Waals surface area contributed by atoms with Gasteiger partial charge in [0.25, 0.3) is 0 Å². The summed E-state index contributed by atoms with van der Waals surface area (Å²) in [6, 6.07) is 7.45. The first-order valence-electron chi connectivity index (χ1n) is 8.61. The number of amides is 1. The molecular weight excluding hydrogens is 308 g/mol. The molecule has 0 bridgehead atoms. The summed E-state index contributed by atoms with van der Waals surface area (Å²) in [7, 11) is 0. The molecule has 0 saturated carbocycles. The third-order valence-corrected chi connectivity index (χ3v) is 4.56. The summed E-state index contributed by atoms with van der Waals surface area (Å²) in [5, 5.41) is 3.08. The maximum absolute atomic E-state index is 12.5. The lowest BCUT2D eigenvalue weighted by atomic mass is 10.0. The van der Waals surface area contributed by atoms with Crippen LogP contribution in [0.4, 0.5) is 0 Å². The smallest absolute Gasteiger partial charge is 0.323 e. The van der Waals surface area contributed by atoms with Crippen molar-refractivity contribution in [3.8, 4) is 5.75 Å². The Morgan fingerprint density at radius 1 is 1.33 bits per heavy atom. The van der Waals surface area contributed by atoms with Crippen molar-refractivity contribution in [3.05, 3.63) is 29.8 Å². The van der Waals surface area contributed by atoms with Gasteiger partial charge in [-0.15, -0.1) is 0 Å². The van der Waals surface area contributed by atoms with Crippen molar-refractivity contribution < 1.29 is 19.1 Å². The van der Waals surface area contributed by atoms with Gasteiger partial charge in [-0.1, -0.05) is 18.2 Å². The third-order valence-electron chi connectivity index (χ3n) is 4.56. The summed E-state index contributed by atoms with van der Waals surface area (Å²) in [5.74, 6) is 0.548. The average molecular weight is 332 g/mol. The molecular formula is C18H24N2O4. The van der Waals surface area contributed by atoms with E-state index in [9.17, 15) is 9.59 Å². The molecule has 1 N–H and O–H groups in total. The molecule has 24 heavy (non-hydrogen) atoms. The van der Waals surface area contributed by atoms with Crippen LogP contribution in [0.25, 0.3) is 0 Å². The van der Waals surface area contributed by atoms with Crippen molar-refractivity contribution in [1.82, 2.24) is 10.2 Å². The second-order valence-electron chi connectivity index (χ2n) is 6.18. The normalized spacial score (nSPS) is 23.2. The predicted octanol–water partition coefficient (Wildman–Crippen LogP) is 1.65. The molecule has 1 aromatic carbocycles. The lowest BCUT2D eigenvalue weighted by Crippen LogP contribution is -2.44. The van der Waals surface area contributed by atoms with Gasteiger partial charge in [-0.3, -0.25) is 14.5 Å². The number of para-hydroxylation sites is 1. The fourth-order valence-electron chi connectivity index (χ4n) is 3.44. The number of nitrogens with one attached hydrogen (secondary N) is 1. The van der Waals surface area contributed by atoms with Crippen LogP contribution in [-0.4, -0.2) is 49.1 Å². The minimum absolute atomic E-state index is 0.0360. The summed E-state index contributed by atoms with van der Waals surface area (Å²) in [6.45, 7) is 3.74. The molecule has 130 valence electrons. The number of fused-ring (bicyclic) bond motifs is 1. The van der Waals surface area contributed by atoms with E-state index in [4.69, 9.17) is 9.47 Å². The molecule has 2 heterocycles. The van der Waals surface area contributed by atoms with Crippen LogP contribution in [0.1, 0.15) is 37.8 Å². The molecule has 0 aromatic heterocycles. The van der Waals surface area contributed by atoms with Crippen LogP contribution in [0.3, 0.4) is 0 Å². The van der Waals surface area contributed by atoms with Gasteiger partial charge in [0, 0.05) is 12.0 Å². The zero-order valence-electron chi connectivity index (χ0n) is 14.0. The number of likely N-dealkylation sites (tertiary alicyclic amines) is 1. The summed E-state index contributed by atoms with van der Waals surface area (Å²) < 4.78 is 10.7. The highest BCUT2D eigenvalue weighted by Gasteiger charge is 2.33. The summed E-state index contributed by atoms with van der Waals surface area (Å²) >= 11 is 0. The minimum Gasteiger partial charge on any atom is -0.493 e. The van der Waals surface area contributed by atoms with E-state index in [0.29, 0.717) is 13.2 Å². The molecule has 0 unspecified atom stereocenters. The Morgan fingerprint density at radius 2 is 2.17 bits per heavy atom. The van der Waals surface area contributed by atoms with Crippen molar-refractivity contribution in [2.24, 2.45) is 0 Å². The Hall–Kier alpha value is -2.08. The summed E-state index contributed by atoms with van der Waals surface area (Å²) in [5.41, 5.74) is 1.01. The van der Waals surface area contributed by atoms with Crippen molar-refractivity contribution in [2.75, 3.05) is 26.3 Å². The van der Waals surface area contributed by atoms with Crippen molar-refractivity contribution in [3.63, 3.8) is 0 Å². The lowest BCUT2D eigenvalue weighted by Gasteiger charge is -2.28. The topological polar surface area (TPSA) is 67.9 Å². The number of carbonyl (C=O) groups excluding carboxylic acids is 2. The van der Waals surface area contributed by atoms with Gasteiger partial charge >= 0.3 is 5.97 Å². The van der Waals surface area contributed by atoms with Gasteiger partial charge in [-0.25, -0.2) is 0 Å².